The Morgan fingerprint density at radius 3 is 2.31 bits per heavy atom. The standard InChI is InChI=1S/C20H34FNO14/c1-6-12(26)14(28)15(19(33-6)32-5-8-3-9(25)13(27)17(30)34-8)36-18-11(22-7(2)24)16(29)20(21,31)10(4-23)35-18/h6,8-19,23,25-31H,3-5H2,1-2H3,(H,22,24)/t6-,8+,9+,10-,11-,12-,13-,14+,15+,16-,17-,18+,19+,20-/m1/s1. The molecule has 0 spiro atoms. The molecule has 36 heavy (non-hydrogen) atoms. The Labute approximate surface area is 204 Å². The van der Waals surface area contributed by atoms with Gasteiger partial charge in [-0.2, -0.15) is 0 Å². The molecule has 210 valence electrons. The van der Waals surface area contributed by atoms with Crippen LogP contribution in [0.1, 0.15) is 20.3 Å². The number of nitrogens with one attached hydrogen (secondary N) is 1. The molecule has 0 aliphatic carbocycles. The third-order valence-electron chi connectivity index (χ3n) is 6.38. The molecule has 0 aromatic heterocycles. The lowest BCUT2D eigenvalue weighted by molar-refractivity contribution is -0.380. The second-order valence-electron chi connectivity index (χ2n) is 9.14. The van der Waals surface area contributed by atoms with Gasteiger partial charge >= 0.3 is 0 Å². The van der Waals surface area contributed by atoms with Crippen LogP contribution in [0.2, 0.25) is 0 Å². The monoisotopic (exact) mass is 531 g/mol. The van der Waals surface area contributed by atoms with Crippen molar-refractivity contribution in [3.05, 3.63) is 0 Å². The van der Waals surface area contributed by atoms with Crippen LogP contribution in [-0.4, -0.2) is 146 Å². The molecule has 1 amide bonds. The van der Waals surface area contributed by atoms with E-state index in [2.05, 4.69) is 5.32 Å². The molecule has 3 fully saturated rings. The average molecular weight is 531 g/mol. The molecule has 0 saturated carbocycles. The van der Waals surface area contributed by atoms with Gasteiger partial charge < -0.3 is 69.9 Å². The van der Waals surface area contributed by atoms with E-state index in [0.717, 1.165) is 6.92 Å². The lowest BCUT2D eigenvalue weighted by atomic mass is 9.94. The van der Waals surface area contributed by atoms with Crippen molar-refractivity contribution in [2.24, 2.45) is 0 Å². The summed E-state index contributed by atoms with van der Waals surface area (Å²) in [4.78, 5) is 11.6. The van der Waals surface area contributed by atoms with Crippen LogP contribution in [-0.2, 0) is 28.5 Å². The Morgan fingerprint density at radius 2 is 1.72 bits per heavy atom. The van der Waals surface area contributed by atoms with Crippen LogP contribution in [0.25, 0.3) is 0 Å². The molecule has 3 heterocycles. The number of carbonyl (C=O) groups is 1. The minimum atomic E-state index is -3.47. The Balaban J connectivity index is 1.78. The Hall–Kier alpha value is -1.12. The zero-order valence-corrected chi connectivity index (χ0v) is 19.5. The number of rotatable bonds is 7. The summed E-state index contributed by atoms with van der Waals surface area (Å²) in [6, 6.07) is -1.72. The molecule has 0 bridgehead atoms. The van der Waals surface area contributed by atoms with E-state index >= 15 is 0 Å². The Kier molecular flexibility index (Phi) is 9.59. The fraction of sp³-hybridized carbons (Fsp3) is 0.950. The van der Waals surface area contributed by atoms with Gasteiger partial charge in [0, 0.05) is 13.3 Å². The van der Waals surface area contributed by atoms with Crippen LogP contribution in [0.3, 0.4) is 0 Å². The molecule has 14 atom stereocenters. The predicted octanol–water partition coefficient (Wildman–Crippen LogP) is -5.08. The first-order chi connectivity index (χ1) is 16.8. The summed E-state index contributed by atoms with van der Waals surface area (Å²) >= 11 is 0. The summed E-state index contributed by atoms with van der Waals surface area (Å²) in [7, 11) is 0. The first kappa shape index (κ1) is 29.4. The van der Waals surface area contributed by atoms with Gasteiger partial charge in [0.2, 0.25) is 5.91 Å². The number of carbonyl (C=O) groups excluding carboxylic acids is 1. The van der Waals surface area contributed by atoms with Crippen molar-refractivity contribution in [3.8, 4) is 0 Å². The molecular formula is C20H34FNO14. The van der Waals surface area contributed by atoms with Gasteiger partial charge in [0.25, 0.3) is 5.85 Å². The fourth-order valence-electron chi connectivity index (χ4n) is 4.28. The van der Waals surface area contributed by atoms with Crippen LogP contribution < -0.4 is 5.32 Å². The summed E-state index contributed by atoms with van der Waals surface area (Å²) in [5.41, 5.74) is 0. The number of alkyl halides is 1. The van der Waals surface area contributed by atoms with E-state index in [4.69, 9.17) is 23.7 Å². The van der Waals surface area contributed by atoms with Crippen LogP contribution >= 0.6 is 0 Å². The smallest absolute Gasteiger partial charge is 0.263 e. The molecular weight excluding hydrogens is 497 g/mol. The van der Waals surface area contributed by atoms with Gasteiger partial charge in [0.05, 0.1) is 31.5 Å². The summed E-state index contributed by atoms with van der Waals surface area (Å²) in [6.07, 6.45) is -18.8. The normalized spacial score (nSPS) is 50.0. The van der Waals surface area contributed by atoms with Crippen molar-refractivity contribution < 1.29 is 73.7 Å². The van der Waals surface area contributed by atoms with Gasteiger partial charge in [-0.1, -0.05) is 0 Å². The SMILES string of the molecule is CC(=O)N[C@H]1[C@H](O[C@@H]2[C@@H](OC[C@@H]3C[C@H](O)[C@@H](O)[C@H](O)O3)O[C@H](C)[C@@H](O)[C@@H]2O)O[C@H](CO)[C@](O)(F)[C@@H]1O. The second-order valence-corrected chi connectivity index (χ2v) is 9.14. The van der Waals surface area contributed by atoms with Crippen LogP contribution in [0, 0.1) is 0 Å². The zero-order chi connectivity index (χ0) is 26.9. The first-order valence-electron chi connectivity index (χ1n) is 11.4. The predicted molar refractivity (Wildman–Crippen MR) is 110 cm³/mol. The van der Waals surface area contributed by atoms with E-state index in [1.807, 2.05) is 0 Å². The van der Waals surface area contributed by atoms with Gasteiger partial charge in [-0.15, -0.1) is 0 Å². The molecule has 0 aromatic rings. The maximum absolute atomic E-state index is 14.7. The van der Waals surface area contributed by atoms with E-state index in [0.29, 0.717) is 0 Å². The van der Waals surface area contributed by atoms with Crippen LogP contribution in [0.4, 0.5) is 4.39 Å². The summed E-state index contributed by atoms with van der Waals surface area (Å²) in [5.74, 6) is -4.23. The molecule has 16 heteroatoms. The summed E-state index contributed by atoms with van der Waals surface area (Å²) in [5, 5.41) is 82.0. The minimum absolute atomic E-state index is 0.118. The molecule has 15 nitrogen and oxygen atoms in total. The summed E-state index contributed by atoms with van der Waals surface area (Å²) < 4.78 is 41.9. The molecule has 3 saturated heterocycles. The van der Waals surface area contributed by atoms with Gasteiger partial charge in [-0.25, -0.2) is 4.39 Å². The molecule has 0 radical (unpaired) electrons. The number of aliphatic hydroxyl groups is 8. The fourth-order valence-corrected chi connectivity index (χ4v) is 4.28. The Morgan fingerprint density at radius 1 is 1.06 bits per heavy atom. The van der Waals surface area contributed by atoms with E-state index in [-0.39, 0.29) is 13.0 Å². The highest BCUT2D eigenvalue weighted by molar-refractivity contribution is 5.73. The van der Waals surface area contributed by atoms with Crippen LogP contribution in [0.5, 0.6) is 0 Å². The van der Waals surface area contributed by atoms with Gasteiger partial charge in [-0.3, -0.25) is 4.79 Å². The zero-order valence-electron chi connectivity index (χ0n) is 19.5. The van der Waals surface area contributed by atoms with Crippen molar-refractivity contribution in [3.63, 3.8) is 0 Å². The molecule has 9 N–H and O–H groups in total. The Bertz CT molecular complexity index is 735. The third kappa shape index (κ3) is 6.12. The average Bonchev–Trinajstić information content (AvgIpc) is 2.80. The molecule has 0 aromatic carbocycles. The maximum Gasteiger partial charge on any atom is 0.263 e. The van der Waals surface area contributed by atoms with E-state index in [9.17, 15) is 50.0 Å². The topological polar surface area (TPSA) is 237 Å². The number of ether oxygens (including phenoxy) is 5. The van der Waals surface area contributed by atoms with Crippen LogP contribution in [0.15, 0.2) is 0 Å². The highest BCUT2D eigenvalue weighted by Gasteiger charge is 2.58. The molecule has 3 aliphatic rings. The lowest BCUT2D eigenvalue weighted by Gasteiger charge is -2.48. The minimum Gasteiger partial charge on any atom is -0.393 e. The maximum atomic E-state index is 14.7. The van der Waals surface area contributed by atoms with Crippen molar-refractivity contribution in [2.75, 3.05) is 13.2 Å². The number of halogens is 1. The largest absolute Gasteiger partial charge is 0.393 e. The second kappa shape index (κ2) is 11.7. The lowest BCUT2D eigenvalue weighted by Crippen LogP contribution is -2.70. The number of amides is 1. The molecule has 3 rings (SSSR count). The quantitative estimate of drug-likeness (QED) is 0.149. The van der Waals surface area contributed by atoms with Crippen molar-refractivity contribution in [1.82, 2.24) is 5.32 Å². The number of aliphatic hydroxyl groups excluding tert-OH is 7. The van der Waals surface area contributed by atoms with E-state index in [1.165, 1.54) is 6.92 Å². The molecule has 3 aliphatic heterocycles. The van der Waals surface area contributed by atoms with Gasteiger partial charge in [-0.05, 0) is 6.92 Å². The van der Waals surface area contributed by atoms with Crippen molar-refractivity contribution in [1.29, 1.82) is 0 Å². The highest BCUT2D eigenvalue weighted by Crippen LogP contribution is 2.34. The van der Waals surface area contributed by atoms with Crippen molar-refractivity contribution >= 4 is 5.91 Å². The van der Waals surface area contributed by atoms with Crippen molar-refractivity contribution in [2.45, 2.75) is 106 Å². The van der Waals surface area contributed by atoms with Gasteiger partial charge in [0.15, 0.2) is 18.9 Å². The number of hydrogen-bond acceptors (Lipinski definition) is 14. The van der Waals surface area contributed by atoms with Gasteiger partial charge in [0.1, 0.15) is 42.7 Å². The first-order valence-corrected chi connectivity index (χ1v) is 11.4. The number of hydrogen-bond donors (Lipinski definition) is 9. The highest BCUT2D eigenvalue weighted by atomic mass is 19.2. The van der Waals surface area contributed by atoms with E-state index in [1.54, 1.807) is 0 Å². The van der Waals surface area contributed by atoms with E-state index < -0.39 is 98.2 Å². The molecule has 0 unspecified atom stereocenters. The third-order valence-corrected chi connectivity index (χ3v) is 6.38. The summed E-state index contributed by atoms with van der Waals surface area (Å²) in [6.45, 7) is 1.04.